The highest BCUT2D eigenvalue weighted by Gasteiger charge is 2.42. The van der Waals surface area contributed by atoms with Crippen LogP contribution in [0.25, 0.3) is 0 Å². The SMILES string of the molecule is CCC1SCCSC1C(CC1CC2CCC1C2)NC. The van der Waals surface area contributed by atoms with Gasteiger partial charge in [0.05, 0.1) is 0 Å². The molecule has 1 heterocycles. The van der Waals surface area contributed by atoms with Crippen LogP contribution in [0.1, 0.15) is 45.4 Å². The maximum atomic E-state index is 3.69. The predicted octanol–water partition coefficient (Wildman–Crippen LogP) is 4.03. The Bertz CT molecular complexity index is 296. The van der Waals surface area contributed by atoms with E-state index in [0.29, 0.717) is 0 Å². The third kappa shape index (κ3) is 3.13. The van der Waals surface area contributed by atoms with Gasteiger partial charge in [-0.1, -0.05) is 13.3 Å². The Morgan fingerprint density at radius 2 is 2.00 bits per heavy atom. The standard InChI is InChI=1S/C16H29NS2/c1-3-15-16(19-7-6-18-15)14(17-2)10-13-9-11-4-5-12(13)8-11/h11-17H,3-10H2,1-2H3. The van der Waals surface area contributed by atoms with Gasteiger partial charge in [0.25, 0.3) is 0 Å². The molecular formula is C16H29NS2. The van der Waals surface area contributed by atoms with E-state index in [-0.39, 0.29) is 0 Å². The van der Waals surface area contributed by atoms with Crippen molar-refractivity contribution < 1.29 is 0 Å². The topological polar surface area (TPSA) is 12.0 Å². The van der Waals surface area contributed by atoms with E-state index in [0.717, 1.165) is 34.3 Å². The molecule has 3 heteroatoms. The van der Waals surface area contributed by atoms with Gasteiger partial charge in [-0.2, -0.15) is 23.5 Å². The van der Waals surface area contributed by atoms with Gasteiger partial charge in [-0.15, -0.1) is 0 Å². The molecule has 0 radical (unpaired) electrons. The van der Waals surface area contributed by atoms with Gasteiger partial charge in [0.2, 0.25) is 0 Å². The van der Waals surface area contributed by atoms with Crippen LogP contribution in [0.5, 0.6) is 0 Å². The molecule has 2 bridgehead atoms. The highest BCUT2D eigenvalue weighted by atomic mass is 32.2. The molecule has 3 aliphatic rings. The second-order valence-corrected chi connectivity index (χ2v) is 9.35. The second-order valence-electron chi connectivity index (χ2n) is 6.72. The fourth-order valence-electron chi connectivity index (χ4n) is 4.72. The predicted molar refractivity (Wildman–Crippen MR) is 89.2 cm³/mol. The Balaban J connectivity index is 1.60. The molecule has 110 valence electrons. The minimum Gasteiger partial charge on any atom is -0.316 e. The van der Waals surface area contributed by atoms with Crippen LogP contribution in [-0.2, 0) is 0 Å². The van der Waals surface area contributed by atoms with Gasteiger partial charge in [0, 0.05) is 28.0 Å². The summed E-state index contributed by atoms with van der Waals surface area (Å²) < 4.78 is 0. The van der Waals surface area contributed by atoms with Crippen LogP contribution in [-0.4, -0.2) is 35.1 Å². The van der Waals surface area contributed by atoms with Gasteiger partial charge < -0.3 is 5.32 Å². The number of fused-ring (bicyclic) bond motifs is 2. The van der Waals surface area contributed by atoms with Crippen LogP contribution < -0.4 is 5.32 Å². The molecule has 1 saturated heterocycles. The third-order valence-corrected chi connectivity index (χ3v) is 9.11. The Kier molecular flexibility index (Phi) is 5.08. The maximum absolute atomic E-state index is 3.69. The first-order valence-electron chi connectivity index (χ1n) is 8.22. The Hall–Kier alpha value is 0.660. The van der Waals surface area contributed by atoms with Crippen molar-refractivity contribution in [1.29, 1.82) is 0 Å². The lowest BCUT2D eigenvalue weighted by molar-refractivity contribution is 0.278. The van der Waals surface area contributed by atoms with E-state index >= 15 is 0 Å². The highest BCUT2D eigenvalue weighted by Crippen LogP contribution is 2.50. The molecule has 6 atom stereocenters. The zero-order valence-corrected chi connectivity index (χ0v) is 14.1. The largest absolute Gasteiger partial charge is 0.316 e. The van der Waals surface area contributed by atoms with Crippen LogP contribution in [0.2, 0.25) is 0 Å². The number of nitrogens with one attached hydrogen (secondary N) is 1. The van der Waals surface area contributed by atoms with Gasteiger partial charge in [-0.25, -0.2) is 0 Å². The van der Waals surface area contributed by atoms with Crippen LogP contribution in [0, 0.1) is 17.8 Å². The van der Waals surface area contributed by atoms with E-state index in [4.69, 9.17) is 0 Å². The van der Waals surface area contributed by atoms with Gasteiger partial charge in [-0.05, 0) is 56.9 Å². The summed E-state index contributed by atoms with van der Waals surface area (Å²) in [6.07, 6.45) is 8.98. The molecular weight excluding hydrogens is 270 g/mol. The summed E-state index contributed by atoms with van der Waals surface area (Å²) >= 11 is 4.48. The molecule has 2 saturated carbocycles. The van der Waals surface area contributed by atoms with E-state index in [1.54, 1.807) is 12.8 Å². The third-order valence-electron chi connectivity index (χ3n) is 5.70. The van der Waals surface area contributed by atoms with Crippen LogP contribution in [0.4, 0.5) is 0 Å². The average molecular weight is 300 g/mol. The maximum Gasteiger partial charge on any atom is 0.0320 e. The first-order valence-corrected chi connectivity index (χ1v) is 10.3. The normalized spacial score (nSPS) is 43.6. The molecule has 0 aromatic carbocycles. The molecule has 19 heavy (non-hydrogen) atoms. The fraction of sp³-hybridized carbons (Fsp3) is 1.00. The van der Waals surface area contributed by atoms with E-state index in [1.807, 2.05) is 0 Å². The molecule has 0 spiro atoms. The number of hydrogen-bond donors (Lipinski definition) is 1. The highest BCUT2D eigenvalue weighted by molar-refractivity contribution is 8.07. The Morgan fingerprint density at radius 1 is 1.16 bits per heavy atom. The molecule has 0 aromatic heterocycles. The van der Waals surface area contributed by atoms with Crippen molar-refractivity contribution in [2.45, 2.75) is 62.0 Å². The van der Waals surface area contributed by atoms with Crippen LogP contribution >= 0.6 is 23.5 Å². The molecule has 1 aliphatic heterocycles. The molecule has 1 N–H and O–H groups in total. The van der Waals surface area contributed by atoms with Crippen LogP contribution in [0.15, 0.2) is 0 Å². The summed E-state index contributed by atoms with van der Waals surface area (Å²) in [5, 5.41) is 5.43. The lowest BCUT2D eigenvalue weighted by Crippen LogP contribution is -2.45. The second kappa shape index (κ2) is 6.62. The van der Waals surface area contributed by atoms with Crippen molar-refractivity contribution in [3.05, 3.63) is 0 Å². The van der Waals surface area contributed by atoms with E-state index in [1.165, 1.54) is 37.2 Å². The average Bonchev–Trinajstić information content (AvgIpc) is 3.07. The van der Waals surface area contributed by atoms with Crippen molar-refractivity contribution in [3.8, 4) is 0 Å². The molecule has 0 amide bonds. The summed E-state index contributed by atoms with van der Waals surface area (Å²) in [5.74, 6) is 5.96. The van der Waals surface area contributed by atoms with E-state index in [2.05, 4.69) is 42.8 Å². The first kappa shape index (κ1) is 14.6. The first-order chi connectivity index (χ1) is 9.31. The molecule has 3 rings (SSSR count). The Labute approximate surface area is 127 Å². The number of hydrogen-bond acceptors (Lipinski definition) is 3. The van der Waals surface area contributed by atoms with Crippen molar-refractivity contribution in [1.82, 2.24) is 5.32 Å². The molecule has 2 aliphatic carbocycles. The monoisotopic (exact) mass is 299 g/mol. The quantitative estimate of drug-likeness (QED) is 0.823. The van der Waals surface area contributed by atoms with Gasteiger partial charge in [0.15, 0.2) is 0 Å². The summed E-state index contributed by atoms with van der Waals surface area (Å²) in [4.78, 5) is 0. The minimum absolute atomic E-state index is 0.757. The summed E-state index contributed by atoms with van der Waals surface area (Å²) in [6.45, 7) is 2.38. The summed E-state index contributed by atoms with van der Waals surface area (Å²) in [7, 11) is 2.20. The zero-order chi connectivity index (χ0) is 13.2. The van der Waals surface area contributed by atoms with Gasteiger partial charge >= 0.3 is 0 Å². The van der Waals surface area contributed by atoms with E-state index < -0.39 is 0 Å². The Morgan fingerprint density at radius 3 is 2.63 bits per heavy atom. The van der Waals surface area contributed by atoms with Crippen molar-refractivity contribution in [3.63, 3.8) is 0 Å². The lowest BCUT2D eigenvalue weighted by Gasteiger charge is -2.38. The van der Waals surface area contributed by atoms with E-state index in [9.17, 15) is 0 Å². The molecule has 1 nitrogen and oxygen atoms in total. The number of rotatable bonds is 5. The van der Waals surface area contributed by atoms with Crippen molar-refractivity contribution in [2.75, 3.05) is 18.6 Å². The lowest BCUT2D eigenvalue weighted by atomic mass is 9.83. The smallest absolute Gasteiger partial charge is 0.0320 e. The van der Waals surface area contributed by atoms with Gasteiger partial charge in [-0.3, -0.25) is 0 Å². The molecule has 6 unspecified atom stereocenters. The summed E-state index contributed by atoms with van der Waals surface area (Å²) in [5.41, 5.74) is 0. The van der Waals surface area contributed by atoms with Crippen LogP contribution in [0.3, 0.4) is 0 Å². The van der Waals surface area contributed by atoms with Gasteiger partial charge in [0.1, 0.15) is 0 Å². The summed E-state index contributed by atoms with van der Waals surface area (Å²) in [6, 6.07) is 0.757. The molecule has 0 aromatic rings. The van der Waals surface area contributed by atoms with Crippen molar-refractivity contribution in [2.24, 2.45) is 17.8 Å². The minimum atomic E-state index is 0.757. The zero-order valence-electron chi connectivity index (χ0n) is 12.4. The number of thioether (sulfide) groups is 2. The molecule has 3 fully saturated rings. The van der Waals surface area contributed by atoms with Crippen molar-refractivity contribution >= 4 is 23.5 Å². The fourth-order valence-corrected chi connectivity index (χ4v) is 8.04.